The summed E-state index contributed by atoms with van der Waals surface area (Å²) in [5, 5.41) is 0.408. The van der Waals surface area contributed by atoms with Gasteiger partial charge in [-0.05, 0) is 42.5 Å². The molecule has 0 radical (unpaired) electrons. The number of nitrogens with two attached hydrogens (primary N) is 1. The van der Waals surface area contributed by atoms with Gasteiger partial charge in [-0.25, -0.2) is 4.79 Å². The summed E-state index contributed by atoms with van der Waals surface area (Å²) in [4.78, 5) is 11.8. The number of hydrogen-bond donors (Lipinski definition) is 1. The molecule has 0 aliphatic carbocycles. The van der Waals surface area contributed by atoms with Gasteiger partial charge >= 0.3 is 5.97 Å². The standard InChI is InChI=1S/C15H13BrClNO3/c16-11-2-4-12(5-3-11)20-7-8-21-15(19)10-1-6-13(17)14(18)9-10/h1-6,9H,7-8,18H2. The third-order valence-corrected chi connectivity index (χ3v) is 3.50. The van der Waals surface area contributed by atoms with Crippen molar-refractivity contribution >= 4 is 39.2 Å². The second kappa shape index (κ2) is 7.33. The molecule has 2 N–H and O–H groups in total. The minimum atomic E-state index is -0.460. The Kier molecular flexibility index (Phi) is 5.47. The molecule has 2 rings (SSSR count). The fraction of sp³-hybridized carbons (Fsp3) is 0.133. The van der Waals surface area contributed by atoms with E-state index in [2.05, 4.69) is 15.9 Å². The van der Waals surface area contributed by atoms with Crippen LogP contribution in [0.3, 0.4) is 0 Å². The molecule has 0 unspecified atom stereocenters. The fourth-order valence-electron chi connectivity index (χ4n) is 1.58. The second-order valence-corrected chi connectivity index (χ2v) is 5.50. The molecule has 0 saturated heterocycles. The van der Waals surface area contributed by atoms with Crippen molar-refractivity contribution in [3.8, 4) is 5.75 Å². The van der Waals surface area contributed by atoms with Crippen LogP contribution in [-0.2, 0) is 4.74 Å². The van der Waals surface area contributed by atoms with Gasteiger partial charge in [-0.15, -0.1) is 0 Å². The van der Waals surface area contributed by atoms with E-state index in [4.69, 9.17) is 26.8 Å². The van der Waals surface area contributed by atoms with Crippen LogP contribution in [0.25, 0.3) is 0 Å². The van der Waals surface area contributed by atoms with Gasteiger partial charge in [0, 0.05) is 4.47 Å². The van der Waals surface area contributed by atoms with E-state index in [1.54, 1.807) is 12.1 Å². The summed E-state index contributed by atoms with van der Waals surface area (Å²) in [7, 11) is 0. The molecule has 2 aromatic carbocycles. The Balaban J connectivity index is 1.79. The minimum absolute atomic E-state index is 0.150. The molecule has 0 aliphatic rings. The number of hydrogen-bond acceptors (Lipinski definition) is 4. The van der Waals surface area contributed by atoms with Crippen molar-refractivity contribution in [1.29, 1.82) is 0 Å². The third-order valence-electron chi connectivity index (χ3n) is 2.63. The first-order valence-electron chi connectivity index (χ1n) is 6.17. The van der Waals surface area contributed by atoms with Gasteiger partial charge in [0.1, 0.15) is 19.0 Å². The van der Waals surface area contributed by atoms with Crippen LogP contribution >= 0.6 is 27.5 Å². The molecule has 0 bridgehead atoms. The predicted molar refractivity (Wildman–Crippen MR) is 85.8 cm³/mol. The van der Waals surface area contributed by atoms with Crippen molar-refractivity contribution in [3.63, 3.8) is 0 Å². The molecule has 0 spiro atoms. The summed E-state index contributed by atoms with van der Waals surface area (Å²) in [5.74, 6) is 0.253. The summed E-state index contributed by atoms with van der Waals surface area (Å²) in [6, 6.07) is 12.0. The van der Waals surface area contributed by atoms with E-state index in [-0.39, 0.29) is 13.2 Å². The van der Waals surface area contributed by atoms with Gasteiger partial charge in [-0.1, -0.05) is 27.5 Å². The average Bonchev–Trinajstić information content (AvgIpc) is 2.48. The second-order valence-electron chi connectivity index (χ2n) is 4.17. The van der Waals surface area contributed by atoms with Crippen LogP contribution in [0.2, 0.25) is 5.02 Å². The van der Waals surface area contributed by atoms with Crippen LogP contribution in [0, 0.1) is 0 Å². The van der Waals surface area contributed by atoms with Crippen LogP contribution in [0.5, 0.6) is 5.75 Å². The first-order valence-corrected chi connectivity index (χ1v) is 7.34. The van der Waals surface area contributed by atoms with Gasteiger partial charge in [0.2, 0.25) is 0 Å². The number of anilines is 1. The van der Waals surface area contributed by atoms with Gasteiger partial charge in [-0.2, -0.15) is 0 Å². The van der Waals surface area contributed by atoms with Gasteiger partial charge in [-0.3, -0.25) is 0 Å². The fourth-order valence-corrected chi connectivity index (χ4v) is 1.96. The van der Waals surface area contributed by atoms with E-state index in [0.717, 1.165) is 4.47 Å². The molecular formula is C15H13BrClNO3. The SMILES string of the molecule is Nc1cc(C(=O)OCCOc2ccc(Br)cc2)ccc1Cl. The lowest BCUT2D eigenvalue weighted by Gasteiger charge is -2.08. The number of halogens is 2. The maximum absolute atomic E-state index is 11.8. The quantitative estimate of drug-likeness (QED) is 0.492. The van der Waals surface area contributed by atoms with Crippen LogP contribution in [0.15, 0.2) is 46.9 Å². The largest absolute Gasteiger partial charge is 0.490 e. The molecule has 0 aliphatic heterocycles. The molecule has 0 saturated carbocycles. The number of nitrogen functional groups attached to an aromatic ring is 1. The average molecular weight is 371 g/mol. The molecule has 0 fully saturated rings. The Morgan fingerprint density at radius 2 is 1.86 bits per heavy atom. The molecule has 0 atom stereocenters. The first-order chi connectivity index (χ1) is 10.1. The van der Waals surface area contributed by atoms with Gasteiger partial charge in [0.25, 0.3) is 0 Å². The van der Waals surface area contributed by atoms with E-state index in [1.165, 1.54) is 6.07 Å². The topological polar surface area (TPSA) is 61.6 Å². The Hall–Kier alpha value is -1.72. The van der Waals surface area contributed by atoms with Crippen molar-refractivity contribution in [3.05, 3.63) is 57.5 Å². The Morgan fingerprint density at radius 1 is 1.14 bits per heavy atom. The van der Waals surface area contributed by atoms with Crippen molar-refractivity contribution in [1.82, 2.24) is 0 Å². The highest BCUT2D eigenvalue weighted by Gasteiger charge is 2.08. The Bertz CT molecular complexity index is 631. The predicted octanol–water partition coefficient (Wildman–Crippen LogP) is 3.92. The van der Waals surface area contributed by atoms with Crippen molar-refractivity contribution in [2.75, 3.05) is 18.9 Å². The van der Waals surface area contributed by atoms with Gasteiger partial charge in [0.15, 0.2) is 0 Å². The van der Waals surface area contributed by atoms with Crippen LogP contribution in [-0.4, -0.2) is 19.2 Å². The lowest BCUT2D eigenvalue weighted by molar-refractivity contribution is 0.0450. The molecular weight excluding hydrogens is 358 g/mol. The molecule has 2 aromatic rings. The lowest BCUT2D eigenvalue weighted by Crippen LogP contribution is -2.12. The molecule has 6 heteroatoms. The number of carbonyl (C=O) groups is 1. The third kappa shape index (κ3) is 4.65. The summed E-state index contributed by atoms with van der Waals surface area (Å²) in [6.45, 7) is 0.424. The normalized spacial score (nSPS) is 10.2. The lowest BCUT2D eigenvalue weighted by atomic mass is 10.2. The van der Waals surface area contributed by atoms with E-state index in [0.29, 0.717) is 22.0 Å². The van der Waals surface area contributed by atoms with E-state index >= 15 is 0 Å². The highest BCUT2D eigenvalue weighted by atomic mass is 79.9. The summed E-state index contributed by atoms with van der Waals surface area (Å²) >= 11 is 9.13. The zero-order chi connectivity index (χ0) is 15.2. The molecule has 21 heavy (non-hydrogen) atoms. The zero-order valence-corrected chi connectivity index (χ0v) is 13.4. The van der Waals surface area contributed by atoms with Crippen LogP contribution in [0.1, 0.15) is 10.4 Å². The maximum Gasteiger partial charge on any atom is 0.338 e. The molecule has 0 aromatic heterocycles. The summed E-state index contributed by atoms with van der Waals surface area (Å²) in [6.07, 6.45) is 0. The first kappa shape index (κ1) is 15.7. The highest BCUT2D eigenvalue weighted by Crippen LogP contribution is 2.20. The van der Waals surface area contributed by atoms with Crippen molar-refractivity contribution in [2.24, 2.45) is 0 Å². The monoisotopic (exact) mass is 369 g/mol. The molecule has 0 heterocycles. The van der Waals surface area contributed by atoms with Gasteiger partial charge in [0.05, 0.1) is 16.3 Å². The zero-order valence-electron chi connectivity index (χ0n) is 11.0. The van der Waals surface area contributed by atoms with Gasteiger partial charge < -0.3 is 15.2 Å². The van der Waals surface area contributed by atoms with Crippen molar-refractivity contribution in [2.45, 2.75) is 0 Å². The smallest absolute Gasteiger partial charge is 0.338 e. The minimum Gasteiger partial charge on any atom is -0.490 e. The number of rotatable bonds is 5. The Labute approximate surface area is 135 Å². The number of benzene rings is 2. The molecule has 4 nitrogen and oxygen atoms in total. The summed E-state index contributed by atoms with van der Waals surface area (Å²) in [5.41, 5.74) is 6.34. The number of carbonyl (C=O) groups excluding carboxylic acids is 1. The Morgan fingerprint density at radius 3 is 2.52 bits per heavy atom. The van der Waals surface area contributed by atoms with E-state index in [9.17, 15) is 4.79 Å². The summed E-state index contributed by atoms with van der Waals surface area (Å²) < 4.78 is 11.5. The number of ether oxygens (including phenoxy) is 2. The van der Waals surface area contributed by atoms with Crippen molar-refractivity contribution < 1.29 is 14.3 Å². The molecule has 110 valence electrons. The van der Waals surface area contributed by atoms with E-state index < -0.39 is 5.97 Å². The van der Waals surface area contributed by atoms with Crippen LogP contribution < -0.4 is 10.5 Å². The molecule has 0 amide bonds. The van der Waals surface area contributed by atoms with Crippen LogP contribution in [0.4, 0.5) is 5.69 Å². The maximum atomic E-state index is 11.8. The number of esters is 1. The van der Waals surface area contributed by atoms with E-state index in [1.807, 2.05) is 24.3 Å². The highest BCUT2D eigenvalue weighted by molar-refractivity contribution is 9.10.